The van der Waals surface area contributed by atoms with Gasteiger partial charge in [-0.1, -0.05) is 57.3 Å². The number of hydrogen-bond donors (Lipinski definition) is 0. The second-order valence-corrected chi connectivity index (χ2v) is 6.79. The lowest BCUT2D eigenvalue weighted by Crippen LogP contribution is -2.34. The highest BCUT2D eigenvalue weighted by molar-refractivity contribution is 9.09. The van der Waals surface area contributed by atoms with E-state index in [1.165, 1.54) is 18.0 Å². The largest absolute Gasteiger partial charge is 0.298 e. The second-order valence-electron chi connectivity index (χ2n) is 5.39. The number of quaternary nitrogens is 1. The van der Waals surface area contributed by atoms with E-state index in [2.05, 4.69) is 66.3 Å². The van der Waals surface area contributed by atoms with Gasteiger partial charge in [0, 0.05) is 6.20 Å². The first-order valence-electron chi connectivity index (χ1n) is 6.53. The van der Waals surface area contributed by atoms with Crippen LogP contribution in [-0.2, 0) is 0 Å². The second kappa shape index (κ2) is 8.63. The van der Waals surface area contributed by atoms with Crippen molar-refractivity contribution in [1.82, 2.24) is 9.47 Å². The summed E-state index contributed by atoms with van der Waals surface area (Å²) in [5.41, 5.74) is 1.58. The monoisotopic (exact) mass is 403 g/mol. The van der Waals surface area contributed by atoms with Crippen molar-refractivity contribution in [3.63, 3.8) is 0 Å². The Morgan fingerprint density at radius 3 is 2.18 bits per heavy atom. The Bertz CT molecular complexity index is 628. The number of aromatic nitrogens is 1. The van der Waals surface area contributed by atoms with E-state index in [1.54, 1.807) is 0 Å². The summed E-state index contributed by atoms with van der Waals surface area (Å²) in [4.78, 5) is 14.9. The summed E-state index contributed by atoms with van der Waals surface area (Å²) in [7, 11) is 6.49. The SMILES string of the molecule is C[N+](C)(C)c1ccccc1.O=C(CBr)c1ncc(Cl)cc1Cl. The molecule has 118 valence electrons. The lowest BCUT2D eigenvalue weighted by atomic mass is 10.3. The number of carbonyl (C=O) groups is 1. The average molecular weight is 405 g/mol. The standard InChI is InChI=1S/C9H14N.C7H4BrCl2NO/c1-10(2,3)9-7-5-4-6-8-9;8-2-6(12)7-5(10)1-4(9)3-11-7/h4-8H,1-3H3;1,3H,2H2/q+1;. The Morgan fingerprint density at radius 1 is 1.18 bits per heavy atom. The van der Waals surface area contributed by atoms with Crippen LogP contribution in [0.25, 0.3) is 0 Å². The Balaban J connectivity index is 0.000000224. The molecule has 0 unspecified atom stereocenters. The van der Waals surface area contributed by atoms with Crippen molar-refractivity contribution in [2.24, 2.45) is 0 Å². The first-order valence-corrected chi connectivity index (χ1v) is 8.40. The van der Waals surface area contributed by atoms with E-state index in [4.69, 9.17) is 23.2 Å². The van der Waals surface area contributed by atoms with Gasteiger partial charge in [-0.2, -0.15) is 0 Å². The maximum absolute atomic E-state index is 11.1. The number of hydrogen-bond acceptors (Lipinski definition) is 2. The predicted octanol–water partition coefficient (Wildman–Crippen LogP) is 4.85. The molecular formula is C16H18BrCl2N2O+. The quantitative estimate of drug-likeness (QED) is 0.415. The molecule has 0 aliphatic rings. The number of alkyl halides is 1. The van der Waals surface area contributed by atoms with Gasteiger partial charge in [0.05, 0.1) is 36.5 Å². The molecule has 1 heterocycles. The molecule has 0 spiro atoms. The van der Waals surface area contributed by atoms with Gasteiger partial charge in [0.25, 0.3) is 0 Å². The number of ketones is 1. The maximum atomic E-state index is 11.1. The van der Waals surface area contributed by atoms with Gasteiger partial charge in [-0.3, -0.25) is 9.28 Å². The van der Waals surface area contributed by atoms with E-state index in [0.29, 0.717) is 5.02 Å². The average Bonchev–Trinajstić information content (AvgIpc) is 2.47. The van der Waals surface area contributed by atoms with E-state index >= 15 is 0 Å². The summed E-state index contributed by atoms with van der Waals surface area (Å²) in [5, 5.41) is 0.916. The van der Waals surface area contributed by atoms with Crippen molar-refractivity contribution in [2.75, 3.05) is 26.5 Å². The fourth-order valence-corrected chi connectivity index (χ4v) is 2.31. The first-order chi connectivity index (χ1) is 10.3. The minimum Gasteiger partial charge on any atom is -0.298 e. The molecule has 0 N–H and O–H groups in total. The number of pyridine rings is 1. The number of nitrogens with zero attached hydrogens (tertiary/aromatic N) is 2. The third-order valence-electron chi connectivity index (χ3n) is 2.72. The highest BCUT2D eigenvalue weighted by atomic mass is 79.9. The van der Waals surface area contributed by atoms with Gasteiger partial charge < -0.3 is 0 Å². The van der Waals surface area contributed by atoms with Crippen LogP contribution < -0.4 is 4.48 Å². The van der Waals surface area contributed by atoms with Gasteiger partial charge in [-0.15, -0.1) is 0 Å². The van der Waals surface area contributed by atoms with Gasteiger partial charge in [-0.05, 0) is 18.2 Å². The number of Topliss-reactive ketones (excluding diaryl/α,β-unsaturated/α-hetero) is 1. The van der Waals surface area contributed by atoms with Crippen LogP contribution in [0.4, 0.5) is 5.69 Å². The van der Waals surface area contributed by atoms with Crippen molar-refractivity contribution < 1.29 is 4.79 Å². The Kier molecular flexibility index (Phi) is 7.49. The van der Waals surface area contributed by atoms with E-state index in [0.717, 1.165) is 4.48 Å². The Morgan fingerprint density at radius 2 is 1.77 bits per heavy atom. The third kappa shape index (κ3) is 6.05. The Hall–Kier alpha value is -0.940. The molecule has 22 heavy (non-hydrogen) atoms. The molecule has 0 fully saturated rings. The first kappa shape index (κ1) is 19.1. The third-order valence-corrected chi connectivity index (χ3v) is 3.73. The van der Waals surface area contributed by atoms with Crippen molar-refractivity contribution in [1.29, 1.82) is 0 Å². The van der Waals surface area contributed by atoms with Crippen LogP contribution in [-0.4, -0.2) is 37.2 Å². The van der Waals surface area contributed by atoms with Gasteiger partial charge in [0.2, 0.25) is 0 Å². The summed E-state index contributed by atoms with van der Waals surface area (Å²) in [6, 6.07) is 11.9. The number of para-hydroxylation sites is 1. The maximum Gasteiger partial charge on any atom is 0.193 e. The fourth-order valence-electron chi connectivity index (χ4n) is 1.56. The van der Waals surface area contributed by atoms with Gasteiger partial charge >= 0.3 is 0 Å². The zero-order chi connectivity index (χ0) is 16.8. The molecule has 2 aromatic rings. The van der Waals surface area contributed by atoms with Crippen LogP contribution in [0.15, 0.2) is 42.6 Å². The highest BCUT2D eigenvalue weighted by Gasteiger charge is 2.10. The van der Waals surface area contributed by atoms with Crippen LogP contribution in [0, 0.1) is 0 Å². The molecule has 1 aromatic heterocycles. The lowest BCUT2D eigenvalue weighted by molar-refractivity contribution is 0.101. The van der Waals surface area contributed by atoms with Crippen molar-refractivity contribution in [2.45, 2.75) is 0 Å². The van der Waals surface area contributed by atoms with Gasteiger partial charge in [-0.25, -0.2) is 4.98 Å². The molecule has 0 saturated carbocycles. The zero-order valence-electron chi connectivity index (χ0n) is 12.7. The summed E-state index contributed by atoms with van der Waals surface area (Å²) >= 11 is 14.3. The van der Waals surface area contributed by atoms with E-state index in [-0.39, 0.29) is 21.8 Å². The summed E-state index contributed by atoms with van der Waals surface area (Å²) in [6.07, 6.45) is 1.39. The number of halogens is 3. The van der Waals surface area contributed by atoms with E-state index < -0.39 is 0 Å². The molecule has 6 heteroatoms. The van der Waals surface area contributed by atoms with Crippen molar-refractivity contribution in [3.05, 3.63) is 58.3 Å². The number of carbonyl (C=O) groups excluding carboxylic acids is 1. The van der Waals surface area contributed by atoms with Crippen LogP contribution in [0.5, 0.6) is 0 Å². The topological polar surface area (TPSA) is 30.0 Å². The van der Waals surface area contributed by atoms with Crippen molar-refractivity contribution in [3.8, 4) is 0 Å². The summed E-state index contributed by atoms with van der Waals surface area (Å²) in [6.45, 7) is 0. The lowest BCUT2D eigenvalue weighted by Gasteiger charge is -2.22. The van der Waals surface area contributed by atoms with E-state index in [1.807, 2.05) is 6.07 Å². The molecule has 3 nitrogen and oxygen atoms in total. The molecule has 0 atom stereocenters. The van der Waals surface area contributed by atoms with Crippen LogP contribution in [0.1, 0.15) is 10.5 Å². The molecule has 0 saturated heterocycles. The van der Waals surface area contributed by atoms with E-state index in [9.17, 15) is 4.79 Å². The molecule has 0 aliphatic heterocycles. The molecule has 0 aliphatic carbocycles. The minimum atomic E-state index is -0.156. The molecule has 1 aromatic carbocycles. The number of benzene rings is 1. The molecular weight excluding hydrogens is 387 g/mol. The number of rotatable bonds is 3. The normalized spacial score (nSPS) is 10.6. The molecule has 2 rings (SSSR count). The fraction of sp³-hybridized carbons (Fsp3) is 0.250. The molecule has 0 amide bonds. The van der Waals surface area contributed by atoms with Gasteiger partial charge in [0.1, 0.15) is 11.4 Å². The Labute approximate surface area is 149 Å². The minimum absolute atomic E-state index is 0.156. The highest BCUT2D eigenvalue weighted by Crippen LogP contribution is 2.19. The zero-order valence-corrected chi connectivity index (χ0v) is 15.8. The van der Waals surface area contributed by atoms with Crippen LogP contribution in [0.3, 0.4) is 0 Å². The molecule has 0 radical (unpaired) electrons. The summed E-state index contributed by atoms with van der Waals surface area (Å²) < 4.78 is 0.890. The summed E-state index contributed by atoms with van der Waals surface area (Å²) in [5.74, 6) is -0.156. The van der Waals surface area contributed by atoms with Crippen LogP contribution >= 0.6 is 39.1 Å². The van der Waals surface area contributed by atoms with Gasteiger partial charge in [0.15, 0.2) is 5.78 Å². The van der Waals surface area contributed by atoms with Crippen LogP contribution in [0.2, 0.25) is 10.0 Å². The smallest absolute Gasteiger partial charge is 0.193 e. The predicted molar refractivity (Wildman–Crippen MR) is 98.4 cm³/mol. The van der Waals surface area contributed by atoms with Crippen molar-refractivity contribution >= 4 is 50.6 Å². The molecule has 0 bridgehead atoms.